The first-order chi connectivity index (χ1) is 12.5. The standard InChI is InChI=1S/C21H44O4S.K/c1-2-3-4-12-15-18-21(22)19-16-13-10-8-6-5-7-9-11-14-17-20-26(23,24)25;/h21-22H,2-20H2,1H3,(H,23,24,25);/q;+1/p-1. The van der Waals surface area contributed by atoms with E-state index in [1.807, 2.05) is 0 Å². The van der Waals surface area contributed by atoms with Gasteiger partial charge >= 0.3 is 51.4 Å². The van der Waals surface area contributed by atoms with Crippen LogP contribution in [0.5, 0.6) is 0 Å². The molecule has 0 bridgehead atoms. The first kappa shape index (κ1) is 30.7. The number of hydrogen-bond acceptors (Lipinski definition) is 4. The van der Waals surface area contributed by atoms with E-state index < -0.39 is 10.1 Å². The molecule has 0 aliphatic carbocycles. The zero-order valence-corrected chi connectivity index (χ0v) is 22.0. The van der Waals surface area contributed by atoms with Gasteiger partial charge in [-0.15, -0.1) is 0 Å². The fraction of sp³-hybridized carbons (Fsp3) is 1.00. The number of aliphatic hydroxyl groups is 1. The first-order valence-electron chi connectivity index (χ1n) is 11.1. The summed E-state index contributed by atoms with van der Waals surface area (Å²) in [6, 6.07) is 0. The number of aliphatic hydroxyl groups excluding tert-OH is 1. The Morgan fingerprint density at radius 1 is 0.667 bits per heavy atom. The van der Waals surface area contributed by atoms with Gasteiger partial charge in [0.25, 0.3) is 0 Å². The summed E-state index contributed by atoms with van der Waals surface area (Å²) in [4.78, 5) is 0. The van der Waals surface area contributed by atoms with E-state index in [-0.39, 0.29) is 63.2 Å². The topological polar surface area (TPSA) is 77.4 Å². The third-order valence-electron chi connectivity index (χ3n) is 5.07. The maximum absolute atomic E-state index is 10.5. The van der Waals surface area contributed by atoms with Gasteiger partial charge in [-0.1, -0.05) is 103 Å². The maximum atomic E-state index is 10.5. The van der Waals surface area contributed by atoms with E-state index in [1.165, 1.54) is 70.6 Å². The Hall–Kier alpha value is 1.51. The van der Waals surface area contributed by atoms with Crippen LogP contribution in [0.1, 0.15) is 122 Å². The van der Waals surface area contributed by atoms with Crippen LogP contribution in [0.3, 0.4) is 0 Å². The van der Waals surface area contributed by atoms with E-state index in [9.17, 15) is 18.1 Å². The monoisotopic (exact) mass is 430 g/mol. The molecule has 0 aliphatic rings. The third-order valence-corrected chi connectivity index (χ3v) is 5.86. The molecule has 6 heteroatoms. The van der Waals surface area contributed by atoms with Crippen LogP contribution in [-0.2, 0) is 10.1 Å². The summed E-state index contributed by atoms with van der Waals surface area (Å²) < 4.78 is 31.4. The summed E-state index contributed by atoms with van der Waals surface area (Å²) in [5.41, 5.74) is 0. The summed E-state index contributed by atoms with van der Waals surface area (Å²) in [6.07, 6.45) is 20.4. The Balaban J connectivity index is 0. The summed E-state index contributed by atoms with van der Waals surface area (Å²) in [7, 11) is -4.02. The van der Waals surface area contributed by atoms with E-state index in [2.05, 4.69) is 6.92 Å². The molecule has 0 aromatic carbocycles. The average Bonchev–Trinajstić information content (AvgIpc) is 2.58. The van der Waals surface area contributed by atoms with Gasteiger partial charge in [0.05, 0.1) is 16.2 Å². The van der Waals surface area contributed by atoms with Gasteiger partial charge in [-0.05, 0) is 19.3 Å². The molecule has 158 valence electrons. The second kappa shape index (κ2) is 22.2. The predicted molar refractivity (Wildman–Crippen MR) is 109 cm³/mol. The number of rotatable bonds is 20. The molecule has 0 spiro atoms. The fourth-order valence-corrected chi connectivity index (χ4v) is 3.94. The largest absolute Gasteiger partial charge is 1.00 e. The van der Waals surface area contributed by atoms with Gasteiger partial charge in [-0.2, -0.15) is 0 Å². The maximum Gasteiger partial charge on any atom is 1.00 e. The minimum atomic E-state index is -4.02. The van der Waals surface area contributed by atoms with E-state index >= 15 is 0 Å². The SMILES string of the molecule is CCCCCCCC(O)CCCCCCCCCCCCCS(=O)(=O)[O-].[K+]. The normalized spacial score (nSPS) is 12.7. The Bertz CT molecular complexity index is 388. The van der Waals surface area contributed by atoms with Crippen molar-refractivity contribution >= 4 is 10.1 Å². The zero-order valence-electron chi connectivity index (χ0n) is 18.1. The van der Waals surface area contributed by atoms with Crippen LogP contribution in [0.15, 0.2) is 0 Å². The van der Waals surface area contributed by atoms with Crippen molar-refractivity contribution in [3.63, 3.8) is 0 Å². The molecule has 0 rings (SSSR count). The molecule has 1 N–H and O–H groups in total. The van der Waals surface area contributed by atoms with Crippen molar-refractivity contribution in [3.8, 4) is 0 Å². The zero-order chi connectivity index (χ0) is 19.5. The van der Waals surface area contributed by atoms with Gasteiger partial charge in [0, 0.05) is 5.75 Å². The van der Waals surface area contributed by atoms with Crippen molar-refractivity contribution in [2.75, 3.05) is 5.75 Å². The number of hydrogen-bond donors (Lipinski definition) is 1. The Morgan fingerprint density at radius 3 is 1.37 bits per heavy atom. The summed E-state index contributed by atoms with van der Waals surface area (Å²) >= 11 is 0. The first-order valence-corrected chi connectivity index (χ1v) is 12.6. The van der Waals surface area contributed by atoms with Gasteiger partial charge in [0.15, 0.2) is 0 Å². The van der Waals surface area contributed by atoms with Gasteiger partial charge in [0.1, 0.15) is 0 Å². The molecule has 4 nitrogen and oxygen atoms in total. The van der Waals surface area contributed by atoms with Crippen LogP contribution in [0.25, 0.3) is 0 Å². The van der Waals surface area contributed by atoms with Crippen molar-refractivity contribution in [2.24, 2.45) is 0 Å². The molecule has 0 aromatic rings. The molecule has 0 saturated heterocycles. The van der Waals surface area contributed by atoms with Crippen LogP contribution >= 0.6 is 0 Å². The minimum Gasteiger partial charge on any atom is -0.748 e. The van der Waals surface area contributed by atoms with E-state index in [1.54, 1.807) is 0 Å². The predicted octanol–water partition coefficient (Wildman–Crippen LogP) is 2.94. The molecular formula is C21H43KO4S. The van der Waals surface area contributed by atoms with Gasteiger partial charge in [-0.3, -0.25) is 0 Å². The van der Waals surface area contributed by atoms with Crippen LogP contribution in [-0.4, -0.2) is 29.9 Å². The van der Waals surface area contributed by atoms with E-state index in [0.29, 0.717) is 6.42 Å². The van der Waals surface area contributed by atoms with Crippen molar-refractivity contribution in [1.82, 2.24) is 0 Å². The quantitative estimate of drug-likeness (QED) is 0.183. The number of unbranched alkanes of at least 4 members (excludes halogenated alkanes) is 14. The average molecular weight is 431 g/mol. The molecule has 0 saturated carbocycles. The third kappa shape index (κ3) is 27.5. The second-order valence-corrected chi connectivity index (χ2v) is 9.32. The van der Waals surface area contributed by atoms with Gasteiger partial charge in [-0.25, -0.2) is 8.42 Å². The summed E-state index contributed by atoms with van der Waals surface area (Å²) in [5, 5.41) is 9.96. The molecule has 0 fully saturated rings. The van der Waals surface area contributed by atoms with Crippen LogP contribution in [0.2, 0.25) is 0 Å². The fourth-order valence-electron chi connectivity index (χ4n) is 3.38. The molecule has 27 heavy (non-hydrogen) atoms. The van der Waals surface area contributed by atoms with Crippen LogP contribution in [0, 0.1) is 0 Å². The molecule has 0 radical (unpaired) electrons. The Morgan fingerprint density at radius 2 is 1.00 bits per heavy atom. The molecule has 0 heterocycles. The molecule has 0 aliphatic heterocycles. The second-order valence-electron chi connectivity index (χ2n) is 7.80. The Kier molecular flexibility index (Phi) is 25.2. The summed E-state index contributed by atoms with van der Waals surface area (Å²) in [6.45, 7) is 2.23. The smallest absolute Gasteiger partial charge is 0.748 e. The molecule has 1 unspecified atom stereocenters. The van der Waals surface area contributed by atoms with Gasteiger partial charge < -0.3 is 9.66 Å². The van der Waals surface area contributed by atoms with E-state index in [0.717, 1.165) is 38.5 Å². The minimum absolute atomic E-state index is 0. The van der Waals surface area contributed by atoms with Crippen molar-refractivity contribution < 1.29 is 69.5 Å². The van der Waals surface area contributed by atoms with E-state index in [4.69, 9.17) is 0 Å². The molecule has 0 amide bonds. The summed E-state index contributed by atoms with van der Waals surface area (Å²) in [5.74, 6) is -0.208. The van der Waals surface area contributed by atoms with Crippen LogP contribution in [0.4, 0.5) is 0 Å². The van der Waals surface area contributed by atoms with Crippen molar-refractivity contribution in [3.05, 3.63) is 0 Å². The molecule has 1 atom stereocenters. The van der Waals surface area contributed by atoms with Gasteiger partial charge in [0.2, 0.25) is 0 Å². The molecule has 0 aromatic heterocycles. The van der Waals surface area contributed by atoms with Crippen molar-refractivity contribution in [1.29, 1.82) is 0 Å². The molecular weight excluding hydrogens is 387 g/mol. The van der Waals surface area contributed by atoms with Crippen molar-refractivity contribution in [2.45, 2.75) is 129 Å². The van der Waals surface area contributed by atoms with Crippen LogP contribution < -0.4 is 51.4 Å². The Labute approximate surface area is 211 Å².